The van der Waals surface area contributed by atoms with Crippen molar-refractivity contribution < 1.29 is 13.2 Å². The first-order chi connectivity index (χ1) is 9.32. The monoisotopic (exact) mass is 302 g/mol. The molecule has 0 aliphatic heterocycles. The van der Waals surface area contributed by atoms with E-state index < -0.39 is 11.2 Å². The van der Waals surface area contributed by atoms with Crippen molar-refractivity contribution in [3.05, 3.63) is 39.1 Å². The quantitative estimate of drug-likeness (QED) is 0.947. The van der Waals surface area contributed by atoms with Gasteiger partial charge in [-0.2, -0.15) is 23.4 Å². The maximum absolute atomic E-state index is 12.6. The molecule has 4 nitrogen and oxygen atoms in total. The summed E-state index contributed by atoms with van der Waals surface area (Å²) >= 11 is 0.635. The molecule has 8 heteroatoms. The lowest BCUT2D eigenvalue weighted by Gasteiger charge is -2.16. The van der Waals surface area contributed by atoms with E-state index in [1.807, 2.05) is 6.07 Å². The van der Waals surface area contributed by atoms with Gasteiger partial charge in [-0.1, -0.05) is 0 Å². The first-order valence-corrected chi connectivity index (χ1v) is 6.65. The molecule has 2 aromatic heterocycles. The largest absolute Gasteiger partial charge is 0.443 e. The Hall–Kier alpha value is -1.54. The zero-order valence-corrected chi connectivity index (χ0v) is 11.9. The van der Waals surface area contributed by atoms with Crippen LogP contribution in [0.2, 0.25) is 0 Å². The van der Waals surface area contributed by atoms with Crippen LogP contribution in [0.15, 0.2) is 12.3 Å². The number of halogens is 3. The number of nitrogens with one attached hydrogen (secondary N) is 1. The summed E-state index contributed by atoms with van der Waals surface area (Å²) in [4.78, 5) is 3.95. The lowest BCUT2D eigenvalue weighted by Crippen LogP contribution is -2.18. The van der Waals surface area contributed by atoms with E-state index in [2.05, 4.69) is 20.5 Å². The molecule has 2 heterocycles. The van der Waals surface area contributed by atoms with Crippen molar-refractivity contribution in [1.29, 1.82) is 0 Å². The van der Waals surface area contributed by atoms with Crippen molar-refractivity contribution in [2.45, 2.75) is 26.1 Å². The fraction of sp³-hybridized carbons (Fsp3) is 0.417. The van der Waals surface area contributed by atoms with Crippen molar-refractivity contribution in [1.82, 2.24) is 20.5 Å². The number of aryl methyl sites for hydroxylation is 2. The summed E-state index contributed by atoms with van der Waals surface area (Å²) in [5, 5.41) is 10.1. The molecule has 0 spiro atoms. The van der Waals surface area contributed by atoms with Gasteiger partial charge in [-0.25, -0.2) is 4.98 Å². The Kier molecular flexibility index (Phi) is 4.05. The van der Waals surface area contributed by atoms with Crippen LogP contribution in [0.4, 0.5) is 13.2 Å². The number of aromatic nitrogens is 3. The van der Waals surface area contributed by atoms with Crippen molar-refractivity contribution in [2.75, 3.05) is 7.05 Å². The summed E-state index contributed by atoms with van der Waals surface area (Å²) in [5.41, 5.74) is 2.20. The van der Waals surface area contributed by atoms with E-state index >= 15 is 0 Å². The van der Waals surface area contributed by atoms with Crippen LogP contribution in [0.3, 0.4) is 0 Å². The highest BCUT2D eigenvalue weighted by Crippen LogP contribution is 2.36. The zero-order chi connectivity index (χ0) is 14.9. The summed E-state index contributed by atoms with van der Waals surface area (Å²) in [7, 11) is 1.69. The van der Waals surface area contributed by atoms with Crippen LogP contribution < -0.4 is 5.32 Å². The minimum absolute atomic E-state index is 0.377. The Morgan fingerprint density at radius 1 is 1.25 bits per heavy atom. The van der Waals surface area contributed by atoms with Crippen LogP contribution in [-0.4, -0.2) is 22.2 Å². The van der Waals surface area contributed by atoms with E-state index in [1.54, 1.807) is 20.9 Å². The van der Waals surface area contributed by atoms with Crippen molar-refractivity contribution in [3.63, 3.8) is 0 Å². The Bertz CT molecular complexity index is 609. The van der Waals surface area contributed by atoms with Crippen molar-refractivity contribution in [3.8, 4) is 0 Å². The minimum Gasteiger partial charge on any atom is -0.309 e. The molecule has 2 aromatic rings. The third-order valence-corrected chi connectivity index (χ3v) is 3.90. The van der Waals surface area contributed by atoms with Crippen LogP contribution in [-0.2, 0) is 6.18 Å². The molecule has 0 amide bonds. The predicted octanol–water partition coefficient (Wildman–Crippen LogP) is 2.88. The highest BCUT2D eigenvalue weighted by molar-refractivity contribution is 7.11. The second-order valence-electron chi connectivity index (χ2n) is 4.31. The number of hydrogen-bond acceptors (Lipinski definition) is 5. The van der Waals surface area contributed by atoms with Crippen LogP contribution >= 0.6 is 11.3 Å². The summed E-state index contributed by atoms with van der Waals surface area (Å²) in [6.45, 7) is 3.56. The standard InChI is InChI=1S/C12H13F3N4S/c1-6-4-8(7(2)19-18-6)10(16-3)9-5-17-11(20-9)12(13,14)15/h4-5,10,16H,1-3H3. The highest BCUT2D eigenvalue weighted by atomic mass is 32.1. The average Bonchev–Trinajstić information content (AvgIpc) is 2.84. The highest BCUT2D eigenvalue weighted by Gasteiger charge is 2.35. The van der Waals surface area contributed by atoms with Crippen molar-refractivity contribution in [2.24, 2.45) is 0 Å². The zero-order valence-electron chi connectivity index (χ0n) is 11.1. The van der Waals surface area contributed by atoms with Gasteiger partial charge >= 0.3 is 6.18 Å². The molecule has 0 saturated heterocycles. The number of thiazole rings is 1. The molecule has 20 heavy (non-hydrogen) atoms. The van der Waals surface area contributed by atoms with Gasteiger partial charge in [0, 0.05) is 11.1 Å². The van der Waals surface area contributed by atoms with Gasteiger partial charge in [0.1, 0.15) is 0 Å². The van der Waals surface area contributed by atoms with Crippen LogP contribution in [0, 0.1) is 13.8 Å². The van der Waals surface area contributed by atoms with Gasteiger partial charge in [-0.15, -0.1) is 11.3 Å². The van der Waals surface area contributed by atoms with E-state index in [0.717, 1.165) is 5.56 Å². The molecule has 0 saturated carbocycles. The van der Waals surface area contributed by atoms with Crippen LogP contribution in [0.5, 0.6) is 0 Å². The summed E-state index contributed by atoms with van der Waals surface area (Å²) in [6.07, 6.45) is -3.16. The normalized spacial score (nSPS) is 13.5. The number of nitrogens with zero attached hydrogens (tertiary/aromatic N) is 3. The molecule has 0 aliphatic carbocycles. The van der Waals surface area contributed by atoms with E-state index in [9.17, 15) is 13.2 Å². The maximum atomic E-state index is 12.6. The van der Waals surface area contributed by atoms with Gasteiger partial charge in [0.05, 0.1) is 17.4 Å². The Balaban J connectivity index is 2.42. The first kappa shape index (κ1) is 14.9. The van der Waals surface area contributed by atoms with E-state index in [4.69, 9.17) is 0 Å². The van der Waals surface area contributed by atoms with Gasteiger partial charge in [0.25, 0.3) is 0 Å². The average molecular weight is 302 g/mol. The second-order valence-corrected chi connectivity index (χ2v) is 5.38. The summed E-state index contributed by atoms with van der Waals surface area (Å²) < 4.78 is 37.9. The predicted molar refractivity (Wildman–Crippen MR) is 69.5 cm³/mol. The second kappa shape index (κ2) is 5.45. The van der Waals surface area contributed by atoms with Gasteiger partial charge in [0.15, 0.2) is 5.01 Å². The van der Waals surface area contributed by atoms with Crippen LogP contribution in [0.25, 0.3) is 0 Å². The Morgan fingerprint density at radius 2 is 1.95 bits per heavy atom. The van der Waals surface area contributed by atoms with E-state index in [0.29, 0.717) is 27.6 Å². The topological polar surface area (TPSA) is 50.7 Å². The number of hydrogen-bond donors (Lipinski definition) is 1. The van der Waals surface area contributed by atoms with Gasteiger partial charge in [0.2, 0.25) is 0 Å². The molecule has 1 unspecified atom stereocenters. The smallest absolute Gasteiger partial charge is 0.309 e. The maximum Gasteiger partial charge on any atom is 0.443 e. The molecule has 1 N–H and O–H groups in total. The van der Waals surface area contributed by atoms with Gasteiger partial charge in [-0.05, 0) is 32.5 Å². The molecule has 0 aromatic carbocycles. The fourth-order valence-corrected chi connectivity index (χ4v) is 2.78. The van der Waals surface area contributed by atoms with Gasteiger partial charge in [-0.3, -0.25) is 0 Å². The third kappa shape index (κ3) is 2.96. The first-order valence-electron chi connectivity index (χ1n) is 5.84. The number of rotatable bonds is 3. The molecule has 2 rings (SSSR count). The van der Waals surface area contributed by atoms with Crippen LogP contribution in [0.1, 0.15) is 32.9 Å². The lowest BCUT2D eigenvalue weighted by molar-refractivity contribution is -0.137. The Labute approximate surface area is 118 Å². The summed E-state index contributed by atoms with van der Waals surface area (Å²) in [6, 6.07) is 1.44. The lowest BCUT2D eigenvalue weighted by atomic mass is 10.0. The molecule has 0 bridgehead atoms. The SMILES string of the molecule is CNC(c1cnc(C(F)(F)F)s1)c1cc(C)nnc1C. The molecule has 108 valence electrons. The number of alkyl halides is 3. The van der Waals surface area contributed by atoms with E-state index in [-0.39, 0.29) is 6.04 Å². The molecule has 0 fully saturated rings. The Morgan fingerprint density at radius 3 is 2.50 bits per heavy atom. The molecular formula is C12H13F3N4S. The third-order valence-electron chi connectivity index (χ3n) is 2.79. The molecule has 1 atom stereocenters. The molecule has 0 aliphatic rings. The van der Waals surface area contributed by atoms with E-state index in [1.165, 1.54) is 6.20 Å². The van der Waals surface area contributed by atoms with Gasteiger partial charge < -0.3 is 5.32 Å². The minimum atomic E-state index is -4.41. The summed E-state index contributed by atoms with van der Waals surface area (Å²) in [5.74, 6) is 0. The molecule has 0 radical (unpaired) electrons. The molecular weight excluding hydrogens is 289 g/mol. The van der Waals surface area contributed by atoms with Crippen molar-refractivity contribution >= 4 is 11.3 Å². The fourth-order valence-electron chi connectivity index (χ4n) is 1.86.